The van der Waals surface area contributed by atoms with Crippen LogP contribution in [-0.4, -0.2) is 47.0 Å². The second kappa shape index (κ2) is 21.2. The molecule has 0 bridgehead atoms. The lowest BCUT2D eigenvalue weighted by Crippen LogP contribution is -2.22. The molecule has 2 N–H and O–H groups in total. The van der Waals surface area contributed by atoms with Gasteiger partial charge in [0.1, 0.15) is 0 Å². The molecule has 2 fully saturated rings. The van der Waals surface area contributed by atoms with Gasteiger partial charge >= 0.3 is 9.15 Å². The van der Waals surface area contributed by atoms with Crippen LogP contribution in [0.2, 0.25) is 0 Å². The molecule has 0 aliphatic heterocycles. The molecule has 2 aliphatic rings. The van der Waals surface area contributed by atoms with E-state index in [2.05, 4.69) is 10.6 Å². The van der Waals surface area contributed by atoms with Crippen molar-refractivity contribution >= 4 is 19.9 Å². The molecule has 0 unspecified atom stereocenters. The molecule has 7 heteroatoms. The lowest BCUT2D eigenvalue weighted by Gasteiger charge is -2.21. The van der Waals surface area contributed by atoms with Crippen LogP contribution in [0.5, 0.6) is 0 Å². The van der Waals surface area contributed by atoms with E-state index in [0.717, 1.165) is 35.7 Å². The first-order valence-electron chi connectivity index (χ1n) is 15.1. The molecule has 208 valence electrons. The lowest BCUT2D eigenvalue weighted by atomic mass is 9.85. The minimum absolute atomic E-state index is 0.227. The van der Waals surface area contributed by atoms with E-state index in [1.165, 1.54) is 128 Å². The van der Waals surface area contributed by atoms with Gasteiger partial charge < -0.3 is 10.6 Å². The fraction of sp³-hybridized carbons (Fsp3) is 1.00. The van der Waals surface area contributed by atoms with Crippen LogP contribution in [0, 0.1) is 11.8 Å². The quantitative estimate of drug-likeness (QED) is 0.113. The molecule has 0 amide bonds. The Balaban J connectivity index is 1.27. The van der Waals surface area contributed by atoms with E-state index in [1.807, 2.05) is 0 Å². The molecule has 0 heterocycles. The van der Waals surface area contributed by atoms with E-state index in [9.17, 15) is 8.42 Å². The van der Waals surface area contributed by atoms with Crippen molar-refractivity contribution in [2.75, 3.05) is 38.5 Å². The van der Waals surface area contributed by atoms with Gasteiger partial charge in [0.05, 0.1) is 6.61 Å². The predicted molar refractivity (Wildman–Crippen MR) is 152 cm³/mol. The van der Waals surface area contributed by atoms with Crippen LogP contribution in [0.3, 0.4) is 0 Å². The Morgan fingerprint density at radius 2 is 1.09 bits per heavy atom. The van der Waals surface area contributed by atoms with Crippen LogP contribution < -0.4 is 10.6 Å². The van der Waals surface area contributed by atoms with Crippen LogP contribution in [0.15, 0.2) is 0 Å². The van der Waals surface area contributed by atoms with Crippen molar-refractivity contribution < 1.29 is 12.6 Å². The van der Waals surface area contributed by atoms with Gasteiger partial charge in [0, 0.05) is 18.8 Å². The summed E-state index contributed by atoms with van der Waals surface area (Å²) in [7, 11) is -2.56. The van der Waals surface area contributed by atoms with E-state index in [1.54, 1.807) is 0 Å². The molecule has 0 spiro atoms. The number of hydrogen-bond acceptors (Lipinski definition) is 6. The van der Waals surface area contributed by atoms with Gasteiger partial charge in [-0.25, -0.2) is 0 Å². The monoisotopic (exact) mass is 532 g/mol. The van der Waals surface area contributed by atoms with Crippen LogP contribution in [-0.2, 0) is 13.3 Å². The molecule has 0 aromatic rings. The van der Waals surface area contributed by atoms with E-state index in [4.69, 9.17) is 4.18 Å². The van der Waals surface area contributed by atoms with Crippen molar-refractivity contribution in [3.63, 3.8) is 0 Å². The topological polar surface area (TPSA) is 67.4 Å². The summed E-state index contributed by atoms with van der Waals surface area (Å²) in [4.78, 5) is 0. The third kappa shape index (κ3) is 18.1. The van der Waals surface area contributed by atoms with Gasteiger partial charge in [-0.2, -0.15) is 8.42 Å². The first-order valence-corrected chi connectivity index (χ1v) is 18.0. The summed E-state index contributed by atoms with van der Waals surface area (Å²) >= 11 is 0. The molecule has 0 aromatic heterocycles. The second-order valence-electron chi connectivity index (χ2n) is 11.0. The molecule has 2 aliphatic carbocycles. The van der Waals surface area contributed by atoms with E-state index >= 15 is 0 Å². The Kier molecular flexibility index (Phi) is 19.0. The summed E-state index contributed by atoms with van der Waals surface area (Å²) in [6, 6.07) is 0. The van der Waals surface area contributed by atoms with Gasteiger partial charge in [0.2, 0.25) is 0 Å². The van der Waals surface area contributed by atoms with Gasteiger partial charge in [-0.3, -0.25) is 4.18 Å². The highest BCUT2D eigenvalue weighted by molar-refractivity contribution is 8.70. The van der Waals surface area contributed by atoms with E-state index < -0.39 is 9.15 Å². The zero-order chi connectivity index (χ0) is 24.9. The van der Waals surface area contributed by atoms with Crippen LogP contribution in [0.4, 0.5) is 0 Å². The molecular weight excluding hydrogens is 476 g/mol. The number of hydrogen-bond donors (Lipinski definition) is 2. The molecule has 35 heavy (non-hydrogen) atoms. The standard InChI is InChI=1S/C28H56N2O3S2/c31-35(32,33-25-23-29-21-13-3-1-7-15-27-17-9-5-10-18-27)34-26-24-30-22-14-4-2-8-16-28-19-11-6-12-20-28/h27-30H,1-26H2. The molecule has 0 atom stereocenters. The van der Waals surface area contributed by atoms with Gasteiger partial charge in [-0.15, -0.1) is 0 Å². The first kappa shape index (κ1) is 31.4. The summed E-state index contributed by atoms with van der Waals surface area (Å²) in [5, 5.41) is 6.68. The third-order valence-electron chi connectivity index (χ3n) is 7.89. The minimum atomic E-state index is -3.48. The first-order chi connectivity index (χ1) is 17.2. The second-order valence-corrected chi connectivity index (χ2v) is 14.6. The average Bonchev–Trinajstić information content (AvgIpc) is 2.87. The fourth-order valence-electron chi connectivity index (χ4n) is 5.74. The Morgan fingerprint density at radius 3 is 1.63 bits per heavy atom. The van der Waals surface area contributed by atoms with E-state index in [0.29, 0.717) is 18.8 Å². The molecule has 0 radical (unpaired) electrons. The molecule has 0 aromatic carbocycles. The maximum Gasteiger partial charge on any atom is 0.322 e. The molecular formula is C28H56N2O3S2. The van der Waals surface area contributed by atoms with Crippen molar-refractivity contribution in [2.45, 2.75) is 128 Å². The maximum absolute atomic E-state index is 12.0. The molecule has 5 nitrogen and oxygen atoms in total. The number of unbranched alkanes of at least 4 members (excludes halogenated alkanes) is 6. The lowest BCUT2D eigenvalue weighted by molar-refractivity contribution is 0.322. The third-order valence-corrected chi connectivity index (χ3v) is 10.7. The Labute approximate surface area is 221 Å². The van der Waals surface area contributed by atoms with Crippen molar-refractivity contribution in [2.24, 2.45) is 11.8 Å². The Hall–Kier alpha value is 0.180. The highest BCUT2D eigenvalue weighted by Crippen LogP contribution is 2.28. The van der Waals surface area contributed by atoms with Gasteiger partial charge in [0.15, 0.2) is 0 Å². The minimum Gasteiger partial charge on any atom is -0.316 e. The summed E-state index contributed by atoms with van der Waals surface area (Å²) in [6.45, 7) is 3.47. The summed E-state index contributed by atoms with van der Waals surface area (Å²) < 4.78 is 29.1. The van der Waals surface area contributed by atoms with Crippen molar-refractivity contribution in [3.8, 4) is 0 Å². The van der Waals surface area contributed by atoms with Crippen LogP contribution >= 0.6 is 10.8 Å². The molecule has 0 saturated heterocycles. The largest absolute Gasteiger partial charge is 0.322 e. The number of nitrogens with one attached hydrogen (secondary N) is 2. The highest BCUT2D eigenvalue weighted by Gasteiger charge is 2.14. The SMILES string of the molecule is O=S(=O)(OCCNCCCCCCC1CCCCC1)SCCNCCCCCCC1CCCCC1. The summed E-state index contributed by atoms with van der Waals surface area (Å²) in [6.07, 6.45) is 27.7. The maximum atomic E-state index is 12.0. The fourth-order valence-corrected chi connectivity index (χ4v) is 7.80. The van der Waals surface area contributed by atoms with Gasteiger partial charge in [-0.1, -0.05) is 116 Å². The van der Waals surface area contributed by atoms with Crippen LogP contribution in [0.25, 0.3) is 0 Å². The van der Waals surface area contributed by atoms with Gasteiger partial charge in [-0.05, 0) is 48.6 Å². The Bertz CT molecular complexity index is 533. The normalized spacial score (nSPS) is 18.3. The van der Waals surface area contributed by atoms with Crippen LogP contribution in [0.1, 0.15) is 128 Å². The summed E-state index contributed by atoms with van der Waals surface area (Å²) in [5.41, 5.74) is 0. The smallest absolute Gasteiger partial charge is 0.316 e. The zero-order valence-corrected chi connectivity index (χ0v) is 24.2. The van der Waals surface area contributed by atoms with Crippen molar-refractivity contribution in [1.29, 1.82) is 0 Å². The average molecular weight is 533 g/mol. The van der Waals surface area contributed by atoms with Gasteiger partial charge in [0.25, 0.3) is 0 Å². The van der Waals surface area contributed by atoms with E-state index in [-0.39, 0.29) is 6.61 Å². The predicted octanol–water partition coefficient (Wildman–Crippen LogP) is 7.22. The highest BCUT2D eigenvalue weighted by atomic mass is 33.1. The summed E-state index contributed by atoms with van der Waals surface area (Å²) in [5.74, 6) is 2.54. The molecule has 2 saturated carbocycles. The zero-order valence-electron chi connectivity index (χ0n) is 22.6. The Morgan fingerprint density at radius 1 is 0.600 bits per heavy atom. The number of rotatable bonds is 22. The van der Waals surface area contributed by atoms with Crippen molar-refractivity contribution in [3.05, 3.63) is 0 Å². The van der Waals surface area contributed by atoms with Crippen molar-refractivity contribution in [1.82, 2.24) is 10.6 Å². The molecule has 2 rings (SSSR count).